The highest BCUT2D eigenvalue weighted by molar-refractivity contribution is 6.32. The maximum absolute atomic E-state index is 12.6. The van der Waals surface area contributed by atoms with Crippen LogP contribution in [-0.4, -0.2) is 70.0 Å². The molecule has 61 heavy (non-hydrogen) atoms. The molecule has 1 aliphatic heterocycles. The average molecular weight is 845 g/mol. The van der Waals surface area contributed by atoms with Gasteiger partial charge >= 0.3 is 12.1 Å². The molecule has 0 aliphatic carbocycles. The van der Waals surface area contributed by atoms with Gasteiger partial charge in [-0.15, -0.1) is 0 Å². The van der Waals surface area contributed by atoms with E-state index in [0.717, 1.165) is 68.8 Å². The molecule has 1 fully saturated rings. The van der Waals surface area contributed by atoms with Crippen molar-refractivity contribution in [3.63, 3.8) is 0 Å². The Hall–Kier alpha value is -6.09. The largest absolute Gasteiger partial charge is 0.488 e. The molecule has 5 aromatic rings. The van der Waals surface area contributed by atoms with Gasteiger partial charge in [-0.2, -0.15) is 5.26 Å². The monoisotopic (exact) mass is 844 g/mol. The second kappa shape index (κ2) is 20.0. The molecular formula is C49H53ClN4O7. The molecule has 318 valence electrons. The number of aromatic nitrogens is 1. The standard InChI is InChI=1S/C49H53ClN4O7/c1-32-38(31-60-46-26-45(59-30-35-23-34(27-51)28-52-29-35)37(24-44(46)50)9-6-11-40(55)25-47(56)57)10-7-13-42(32)43-14-8-12-41(33(43)2)36-15-17-39(18-16-36)53-19-21-54(22-20-53)48(58)61-49(3,4)5/h7-8,10,12-18,23-24,26,28-29,40,55H,6,9,11,19-22,25,30-31H2,1-5H3,(H,56,57)/t40-/m1/s1. The molecule has 0 radical (unpaired) electrons. The molecule has 12 heteroatoms. The van der Waals surface area contributed by atoms with E-state index in [9.17, 15) is 20.0 Å². The molecule has 0 unspecified atom stereocenters. The zero-order valence-corrected chi connectivity index (χ0v) is 36.2. The number of hydrogen-bond acceptors (Lipinski definition) is 9. The molecule has 2 heterocycles. The normalized spacial score (nSPS) is 13.3. The lowest BCUT2D eigenvalue weighted by Crippen LogP contribution is -2.50. The molecule has 0 spiro atoms. The Labute approximate surface area is 363 Å². The molecule has 6 rings (SSSR count). The zero-order chi connectivity index (χ0) is 43.7. The van der Waals surface area contributed by atoms with Crippen molar-refractivity contribution in [3.05, 3.63) is 130 Å². The highest BCUT2D eigenvalue weighted by Crippen LogP contribution is 2.38. The van der Waals surface area contributed by atoms with E-state index < -0.39 is 17.7 Å². The van der Waals surface area contributed by atoms with Crippen LogP contribution in [0.1, 0.15) is 73.4 Å². The maximum Gasteiger partial charge on any atom is 0.410 e. The van der Waals surface area contributed by atoms with Gasteiger partial charge in [-0.25, -0.2) is 4.79 Å². The van der Waals surface area contributed by atoms with E-state index in [1.54, 1.807) is 29.3 Å². The summed E-state index contributed by atoms with van der Waals surface area (Å²) in [6.07, 6.45) is 2.89. The Morgan fingerprint density at radius 2 is 1.52 bits per heavy atom. The van der Waals surface area contributed by atoms with Crippen molar-refractivity contribution >= 4 is 29.4 Å². The number of nitrogens with zero attached hydrogens (tertiary/aromatic N) is 4. The summed E-state index contributed by atoms with van der Waals surface area (Å²) in [5.41, 5.74) is 10.3. The number of aryl methyl sites for hydroxylation is 1. The van der Waals surface area contributed by atoms with E-state index in [4.69, 9.17) is 30.9 Å². The van der Waals surface area contributed by atoms with Crippen molar-refractivity contribution < 1.29 is 34.0 Å². The van der Waals surface area contributed by atoms with Crippen LogP contribution < -0.4 is 14.4 Å². The van der Waals surface area contributed by atoms with Crippen LogP contribution in [0, 0.1) is 25.2 Å². The first-order valence-corrected chi connectivity index (χ1v) is 20.9. The number of carboxylic acids is 1. The molecule has 2 N–H and O–H groups in total. The fourth-order valence-electron chi connectivity index (χ4n) is 7.49. The third-order valence-electron chi connectivity index (χ3n) is 10.8. The molecule has 1 aliphatic rings. The Kier molecular flexibility index (Phi) is 14.6. The minimum Gasteiger partial charge on any atom is -0.488 e. The van der Waals surface area contributed by atoms with Gasteiger partial charge in [0, 0.05) is 55.9 Å². The second-order valence-electron chi connectivity index (χ2n) is 16.4. The van der Waals surface area contributed by atoms with Crippen LogP contribution >= 0.6 is 11.6 Å². The van der Waals surface area contributed by atoms with Crippen LogP contribution in [0.25, 0.3) is 22.3 Å². The third kappa shape index (κ3) is 11.8. The molecule has 4 aromatic carbocycles. The van der Waals surface area contributed by atoms with Gasteiger partial charge in [0.1, 0.15) is 36.4 Å². The molecular weight excluding hydrogens is 792 g/mol. The number of anilines is 1. The lowest BCUT2D eigenvalue weighted by molar-refractivity contribution is -0.139. The summed E-state index contributed by atoms with van der Waals surface area (Å²) in [7, 11) is 0. The molecule has 1 amide bonds. The van der Waals surface area contributed by atoms with Crippen LogP contribution in [0.4, 0.5) is 10.5 Å². The highest BCUT2D eigenvalue weighted by Gasteiger charge is 2.26. The maximum atomic E-state index is 12.6. The number of carboxylic acid groups (broad SMARTS) is 1. The number of halogens is 1. The number of ether oxygens (including phenoxy) is 3. The molecule has 1 atom stereocenters. The molecule has 1 saturated heterocycles. The fraction of sp³-hybridized carbons (Fsp3) is 0.347. The third-order valence-corrected chi connectivity index (χ3v) is 11.1. The predicted molar refractivity (Wildman–Crippen MR) is 237 cm³/mol. The van der Waals surface area contributed by atoms with Crippen LogP contribution in [-0.2, 0) is 29.2 Å². The van der Waals surface area contributed by atoms with Gasteiger partial charge in [-0.05, 0) is 123 Å². The van der Waals surface area contributed by atoms with Gasteiger partial charge in [-0.1, -0.05) is 60.1 Å². The van der Waals surface area contributed by atoms with Gasteiger partial charge < -0.3 is 34.2 Å². The summed E-state index contributed by atoms with van der Waals surface area (Å²) < 4.78 is 18.2. The quantitative estimate of drug-likeness (QED) is 0.104. The first-order chi connectivity index (χ1) is 29.2. The minimum atomic E-state index is -1.05. The fourth-order valence-corrected chi connectivity index (χ4v) is 7.73. The number of aliphatic carboxylic acids is 1. The number of benzene rings is 4. The Morgan fingerprint density at radius 1 is 0.852 bits per heavy atom. The number of piperazine rings is 1. The Morgan fingerprint density at radius 3 is 2.21 bits per heavy atom. The average Bonchev–Trinajstić information content (AvgIpc) is 3.23. The number of carbonyl (C=O) groups is 2. The van der Waals surface area contributed by atoms with E-state index in [2.05, 4.69) is 78.3 Å². The summed E-state index contributed by atoms with van der Waals surface area (Å²) in [4.78, 5) is 31.8. The van der Waals surface area contributed by atoms with Crippen molar-refractivity contribution in [1.29, 1.82) is 5.26 Å². The lowest BCUT2D eigenvalue weighted by atomic mass is 9.89. The van der Waals surface area contributed by atoms with Crippen LogP contribution in [0.2, 0.25) is 5.02 Å². The van der Waals surface area contributed by atoms with E-state index in [1.807, 2.05) is 32.9 Å². The summed E-state index contributed by atoms with van der Waals surface area (Å²) in [6, 6.07) is 28.6. The number of hydrogen-bond donors (Lipinski definition) is 2. The van der Waals surface area contributed by atoms with Crippen molar-refractivity contribution in [2.75, 3.05) is 31.1 Å². The number of pyridine rings is 1. The zero-order valence-electron chi connectivity index (χ0n) is 35.4. The minimum absolute atomic E-state index is 0.149. The van der Waals surface area contributed by atoms with Gasteiger partial charge in [0.05, 0.1) is 23.1 Å². The van der Waals surface area contributed by atoms with E-state index in [-0.39, 0.29) is 25.7 Å². The van der Waals surface area contributed by atoms with Gasteiger partial charge in [0.25, 0.3) is 0 Å². The van der Waals surface area contributed by atoms with E-state index in [1.165, 1.54) is 6.20 Å². The molecule has 1 aromatic heterocycles. The number of amides is 1. The smallest absolute Gasteiger partial charge is 0.410 e. The van der Waals surface area contributed by atoms with Crippen molar-refractivity contribution in [2.24, 2.45) is 0 Å². The van der Waals surface area contributed by atoms with Crippen LogP contribution in [0.15, 0.2) is 91.3 Å². The first kappa shape index (κ1) is 44.5. The summed E-state index contributed by atoms with van der Waals surface area (Å²) in [5.74, 6) is -0.0844. The number of aliphatic hydroxyl groups is 1. The molecule has 0 bridgehead atoms. The number of aliphatic hydroxyl groups excluding tert-OH is 1. The Balaban J connectivity index is 1.16. The SMILES string of the molecule is Cc1c(COc2cc(OCc3cncc(C#N)c3)c(CCC[C@@H](O)CC(=O)O)cc2Cl)cccc1-c1cccc(-c2ccc(N3CCN(C(=O)OC(C)(C)C)CC3)cc2)c1C. The predicted octanol–water partition coefficient (Wildman–Crippen LogP) is 9.93. The molecule has 11 nitrogen and oxygen atoms in total. The van der Waals surface area contributed by atoms with E-state index >= 15 is 0 Å². The summed E-state index contributed by atoms with van der Waals surface area (Å²) in [5, 5.41) is 28.9. The van der Waals surface area contributed by atoms with Gasteiger partial charge in [0.15, 0.2) is 0 Å². The van der Waals surface area contributed by atoms with Gasteiger partial charge in [-0.3, -0.25) is 9.78 Å². The number of rotatable bonds is 15. The van der Waals surface area contributed by atoms with Crippen molar-refractivity contribution in [3.8, 4) is 39.8 Å². The lowest BCUT2D eigenvalue weighted by Gasteiger charge is -2.36. The highest BCUT2D eigenvalue weighted by atomic mass is 35.5. The van der Waals surface area contributed by atoms with Crippen molar-refractivity contribution in [2.45, 2.75) is 85.2 Å². The topological polar surface area (TPSA) is 145 Å². The first-order valence-electron chi connectivity index (χ1n) is 20.5. The second-order valence-corrected chi connectivity index (χ2v) is 16.8. The number of nitriles is 1. The summed E-state index contributed by atoms with van der Waals surface area (Å²) in [6.45, 7) is 13.0. The van der Waals surface area contributed by atoms with Crippen molar-refractivity contribution in [1.82, 2.24) is 9.88 Å². The summed E-state index contributed by atoms with van der Waals surface area (Å²) >= 11 is 6.81. The van der Waals surface area contributed by atoms with Crippen LogP contribution in [0.3, 0.4) is 0 Å². The molecule has 0 saturated carbocycles. The Bertz CT molecular complexity index is 2380. The number of carbonyl (C=O) groups excluding carboxylic acids is 1. The van der Waals surface area contributed by atoms with Gasteiger partial charge in [0.2, 0.25) is 0 Å². The van der Waals surface area contributed by atoms with E-state index in [0.29, 0.717) is 54.4 Å². The van der Waals surface area contributed by atoms with Crippen LogP contribution in [0.5, 0.6) is 11.5 Å².